The number of hydrogen-bond donors (Lipinski definition) is 1. The lowest BCUT2D eigenvalue weighted by Crippen LogP contribution is -2.50. The summed E-state index contributed by atoms with van der Waals surface area (Å²) in [4.78, 5) is 28.3. The van der Waals surface area contributed by atoms with Crippen molar-refractivity contribution in [2.45, 2.75) is 70.5 Å². The molecule has 2 aromatic rings. The first-order chi connectivity index (χ1) is 19.0. The van der Waals surface area contributed by atoms with Crippen LogP contribution in [0.4, 0.5) is 5.69 Å². The summed E-state index contributed by atoms with van der Waals surface area (Å²) in [6.45, 7) is 1.88. The van der Waals surface area contributed by atoms with E-state index in [1.165, 1.54) is 9.21 Å². The van der Waals surface area contributed by atoms with E-state index >= 15 is 0 Å². The number of halogens is 2. The normalized spacial score (nSPS) is 15.9. The van der Waals surface area contributed by atoms with Crippen molar-refractivity contribution in [2.24, 2.45) is 0 Å². The first-order valence-corrected chi connectivity index (χ1v) is 16.0. The Hall–Kier alpha value is -2.69. The molecule has 1 saturated carbocycles. The number of amides is 2. The van der Waals surface area contributed by atoms with Gasteiger partial charge in [0, 0.05) is 47.2 Å². The van der Waals surface area contributed by atoms with Crippen LogP contribution in [0.5, 0.6) is 11.5 Å². The van der Waals surface area contributed by atoms with Gasteiger partial charge in [0.2, 0.25) is 28.6 Å². The average molecular weight is 613 g/mol. The van der Waals surface area contributed by atoms with Crippen molar-refractivity contribution < 1.29 is 27.5 Å². The van der Waals surface area contributed by atoms with Gasteiger partial charge in [0.15, 0.2) is 11.5 Å². The largest absolute Gasteiger partial charge is 0.454 e. The molecule has 218 valence electrons. The SMILES string of the molecule is C[C@H](C(=O)NC1CCCCC1)N(Cc1c(Cl)cccc1Cl)C(=O)CCCN(c1ccc2c(c1)OCO2)S(C)(=O)=O. The van der Waals surface area contributed by atoms with Gasteiger partial charge in [-0.1, -0.05) is 48.5 Å². The Labute approximate surface area is 245 Å². The van der Waals surface area contributed by atoms with Crippen LogP contribution in [-0.2, 0) is 26.2 Å². The van der Waals surface area contributed by atoms with Crippen LogP contribution in [0.2, 0.25) is 10.0 Å². The molecule has 0 saturated heterocycles. The van der Waals surface area contributed by atoms with Crippen LogP contribution in [0.3, 0.4) is 0 Å². The molecule has 1 aliphatic carbocycles. The molecule has 1 aliphatic heterocycles. The van der Waals surface area contributed by atoms with Crippen molar-refractivity contribution in [3.05, 3.63) is 52.0 Å². The topological polar surface area (TPSA) is 105 Å². The van der Waals surface area contributed by atoms with Crippen LogP contribution in [0, 0.1) is 0 Å². The van der Waals surface area contributed by atoms with Gasteiger partial charge >= 0.3 is 0 Å². The number of hydrogen-bond acceptors (Lipinski definition) is 6. The van der Waals surface area contributed by atoms with Gasteiger partial charge in [-0.15, -0.1) is 0 Å². The molecule has 1 N–H and O–H groups in total. The van der Waals surface area contributed by atoms with Gasteiger partial charge in [0.1, 0.15) is 6.04 Å². The molecule has 1 heterocycles. The van der Waals surface area contributed by atoms with Crippen molar-refractivity contribution in [1.82, 2.24) is 10.2 Å². The molecule has 4 rings (SSSR count). The monoisotopic (exact) mass is 611 g/mol. The molecular formula is C28H35Cl2N3O6S. The lowest BCUT2D eigenvalue weighted by atomic mass is 9.95. The molecule has 0 radical (unpaired) electrons. The number of carbonyl (C=O) groups excluding carboxylic acids is 2. The summed E-state index contributed by atoms with van der Waals surface area (Å²) in [5.41, 5.74) is 0.966. The summed E-state index contributed by atoms with van der Waals surface area (Å²) < 4.78 is 37.2. The lowest BCUT2D eigenvalue weighted by molar-refractivity contribution is -0.141. The van der Waals surface area contributed by atoms with Gasteiger partial charge in [-0.25, -0.2) is 8.42 Å². The minimum atomic E-state index is -3.65. The molecule has 2 aliphatic rings. The second-order valence-electron chi connectivity index (χ2n) is 10.2. The number of carbonyl (C=O) groups is 2. The summed E-state index contributed by atoms with van der Waals surface area (Å²) >= 11 is 12.8. The summed E-state index contributed by atoms with van der Waals surface area (Å²) in [6, 6.07) is 9.31. The van der Waals surface area contributed by atoms with E-state index in [1.807, 2.05) is 0 Å². The number of ether oxygens (including phenoxy) is 2. The summed E-state index contributed by atoms with van der Waals surface area (Å²) in [7, 11) is -3.65. The fraction of sp³-hybridized carbons (Fsp3) is 0.500. The van der Waals surface area contributed by atoms with E-state index in [0.29, 0.717) is 32.8 Å². The van der Waals surface area contributed by atoms with Crippen molar-refractivity contribution in [1.29, 1.82) is 0 Å². The standard InChI is InChI=1S/C28H35Cl2N3O6S/c1-19(28(35)31-20-8-4-3-5-9-20)32(17-22-23(29)10-6-11-24(22)30)27(34)12-7-15-33(40(2,36)37)21-13-14-25-26(16-21)39-18-38-25/h6,10-11,13-14,16,19-20H,3-5,7-9,12,15,17-18H2,1-2H3,(H,31,35)/t19-/m1/s1. The van der Waals surface area contributed by atoms with Crippen molar-refractivity contribution in [2.75, 3.05) is 23.9 Å². The number of sulfonamides is 1. The summed E-state index contributed by atoms with van der Waals surface area (Å²) in [5, 5.41) is 3.90. The van der Waals surface area contributed by atoms with E-state index in [-0.39, 0.29) is 50.6 Å². The van der Waals surface area contributed by atoms with E-state index in [0.717, 1.165) is 38.4 Å². The van der Waals surface area contributed by atoms with E-state index < -0.39 is 16.1 Å². The number of nitrogens with one attached hydrogen (secondary N) is 1. The molecular weight excluding hydrogens is 577 g/mol. The average Bonchev–Trinajstić information content (AvgIpc) is 3.38. The van der Waals surface area contributed by atoms with Gasteiger partial charge < -0.3 is 19.7 Å². The molecule has 2 amide bonds. The Morgan fingerprint density at radius 1 is 1.05 bits per heavy atom. The minimum absolute atomic E-state index is 0.0136. The zero-order valence-corrected chi connectivity index (χ0v) is 25.0. The quantitative estimate of drug-likeness (QED) is 0.377. The highest BCUT2D eigenvalue weighted by atomic mass is 35.5. The van der Waals surface area contributed by atoms with E-state index in [1.54, 1.807) is 43.3 Å². The Kier molecular flexibility index (Phi) is 10.1. The molecule has 1 fully saturated rings. The lowest BCUT2D eigenvalue weighted by Gasteiger charge is -2.32. The first-order valence-electron chi connectivity index (χ1n) is 13.4. The maximum absolute atomic E-state index is 13.6. The van der Waals surface area contributed by atoms with E-state index in [9.17, 15) is 18.0 Å². The van der Waals surface area contributed by atoms with Crippen LogP contribution in [0.15, 0.2) is 36.4 Å². The Morgan fingerprint density at radius 2 is 1.73 bits per heavy atom. The van der Waals surface area contributed by atoms with Crippen molar-refractivity contribution >= 4 is 50.7 Å². The Balaban J connectivity index is 1.48. The summed E-state index contributed by atoms with van der Waals surface area (Å²) in [6.07, 6.45) is 6.49. The van der Waals surface area contributed by atoms with Crippen LogP contribution in [0.1, 0.15) is 57.4 Å². The van der Waals surface area contributed by atoms with Gasteiger partial charge in [0.25, 0.3) is 0 Å². The molecule has 2 aromatic carbocycles. The second kappa shape index (κ2) is 13.3. The van der Waals surface area contributed by atoms with Crippen LogP contribution in [-0.4, -0.2) is 56.8 Å². The maximum Gasteiger partial charge on any atom is 0.242 e. The maximum atomic E-state index is 13.6. The smallest absolute Gasteiger partial charge is 0.242 e. The third-order valence-electron chi connectivity index (χ3n) is 7.31. The second-order valence-corrected chi connectivity index (χ2v) is 12.9. The number of rotatable bonds is 11. The fourth-order valence-electron chi connectivity index (χ4n) is 5.05. The molecule has 0 unspecified atom stereocenters. The van der Waals surface area contributed by atoms with Crippen molar-refractivity contribution in [3.8, 4) is 11.5 Å². The van der Waals surface area contributed by atoms with Crippen LogP contribution < -0.4 is 19.1 Å². The van der Waals surface area contributed by atoms with Crippen LogP contribution >= 0.6 is 23.2 Å². The highest BCUT2D eigenvalue weighted by molar-refractivity contribution is 7.92. The third-order valence-corrected chi connectivity index (χ3v) is 9.21. The molecule has 12 heteroatoms. The highest BCUT2D eigenvalue weighted by Crippen LogP contribution is 2.36. The predicted molar refractivity (Wildman–Crippen MR) is 155 cm³/mol. The molecule has 0 spiro atoms. The number of nitrogens with zero attached hydrogens (tertiary/aromatic N) is 2. The third kappa shape index (κ3) is 7.53. The van der Waals surface area contributed by atoms with Gasteiger partial charge in [-0.2, -0.15) is 0 Å². The van der Waals surface area contributed by atoms with E-state index in [4.69, 9.17) is 32.7 Å². The molecule has 9 nitrogen and oxygen atoms in total. The van der Waals surface area contributed by atoms with Gasteiger partial charge in [-0.3, -0.25) is 13.9 Å². The van der Waals surface area contributed by atoms with E-state index in [2.05, 4.69) is 5.32 Å². The fourth-order valence-corrected chi connectivity index (χ4v) is 6.52. The van der Waals surface area contributed by atoms with Crippen LogP contribution in [0.25, 0.3) is 0 Å². The Bertz CT molecular complexity index is 1310. The predicted octanol–water partition coefficient (Wildman–Crippen LogP) is 5.13. The van der Waals surface area contributed by atoms with Gasteiger partial charge in [-0.05, 0) is 50.5 Å². The molecule has 0 aromatic heterocycles. The number of anilines is 1. The zero-order valence-electron chi connectivity index (χ0n) is 22.7. The number of benzene rings is 2. The van der Waals surface area contributed by atoms with Gasteiger partial charge in [0.05, 0.1) is 11.9 Å². The summed E-state index contributed by atoms with van der Waals surface area (Å²) in [5.74, 6) is 0.465. The van der Waals surface area contributed by atoms with Crippen molar-refractivity contribution in [3.63, 3.8) is 0 Å². The zero-order chi connectivity index (χ0) is 28.9. The Morgan fingerprint density at radius 3 is 2.40 bits per heavy atom. The minimum Gasteiger partial charge on any atom is -0.454 e. The molecule has 0 bridgehead atoms. The first kappa shape index (κ1) is 30.3. The molecule has 1 atom stereocenters. The number of fused-ring (bicyclic) bond motifs is 1. The highest BCUT2D eigenvalue weighted by Gasteiger charge is 2.29. The molecule has 40 heavy (non-hydrogen) atoms.